The molecule has 1 aromatic carbocycles. The van der Waals surface area contributed by atoms with Crippen molar-refractivity contribution in [1.82, 2.24) is 9.97 Å². The second kappa shape index (κ2) is 5.61. The zero-order valence-electron chi connectivity index (χ0n) is 10.5. The number of anilines is 3. The first-order valence-electron chi connectivity index (χ1n) is 5.53. The number of nitro groups is 1. The predicted molar refractivity (Wildman–Crippen MR) is 77.6 cm³/mol. The van der Waals surface area contributed by atoms with Crippen LogP contribution in [0.1, 0.15) is 0 Å². The van der Waals surface area contributed by atoms with E-state index in [1.807, 2.05) is 0 Å². The summed E-state index contributed by atoms with van der Waals surface area (Å²) in [5.41, 5.74) is 11.8. The molecule has 1 heterocycles. The highest BCUT2D eigenvalue weighted by Gasteiger charge is 2.11. The molecule has 0 aliphatic carbocycles. The number of aromatic nitrogens is 2. The van der Waals surface area contributed by atoms with Crippen LogP contribution in [0.5, 0.6) is 0 Å². The van der Waals surface area contributed by atoms with Crippen LogP contribution in [0.3, 0.4) is 0 Å². The normalized spacial score (nSPS) is 10.2. The third-order valence-electron chi connectivity index (χ3n) is 2.35. The number of hydrogen-bond acceptors (Lipinski definition) is 8. The number of benzene rings is 1. The fourth-order valence-corrected chi connectivity index (χ4v) is 2.38. The molecule has 0 spiro atoms. The van der Waals surface area contributed by atoms with Crippen molar-refractivity contribution >= 4 is 34.8 Å². The predicted octanol–water partition coefficient (Wildman–Crippen LogP) is 1.74. The number of nitrogens with one attached hydrogen (secondary N) is 1. The van der Waals surface area contributed by atoms with Crippen LogP contribution in [0.15, 0.2) is 34.3 Å². The minimum atomic E-state index is -0.459. The third-order valence-corrected chi connectivity index (χ3v) is 3.18. The number of nitrogens with two attached hydrogens (primary N) is 2. The second-order valence-corrected chi connectivity index (χ2v) is 4.87. The van der Waals surface area contributed by atoms with E-state index in [0.717, 1.165) is 11.8 Å². The average Bonchev–Trinajstić information content (AvgIpc) is 2.36. The lowest BCUT2D eigenvalue weighted by Crippen LogP contribution is -1.99. The molecule has 2 rings (SSSR count). The van der Waals surface area contributed by atoms with Crippen LogP contribution in [0.25, 0.3) is 0 Å². The minimum absolute atomic E-state index is 0.0174. The number of rotatable bonds is 4. The maximum atomic E-state index is 10.9. The lowest BCUT2D eigenvalue weighted by atomic mass is 10.3. The quantitative estimate of drug-likeness (QED) is 0.441. The van der Waals surface area contributed by atoms with Gasteiger partial charge in [0.1, 0.15) is 11.6 Å². The number of nitrogen functional groups attached to an aromatic ring is 2. The van der Waals surface area contributed by atoms with Gasteiger partial charge in [0, 0.05) is 35.8 Å². The van der Waals surface area contributed by atoms with Crippen molar-refractivity contribution in [1.29, 1.82) is 0 Å². The molecule has 0 unspecified atom stereocenters. The van der Waals surface area contributed by atoms with Crippen LogP contribution >= 0.6 is 11.8 Å². The molecule has 0 saturated heterocycles. The van der Waals surface area contributed by atoms with Crippen LogP contribution in [0.4, 0.5) is 23.0 Å². The molecule has 2 aromatic rings. The summed E-state index contributed by atoms with van der Waals surface area (Å²) in [6.07, 6.45) is 0. The van der Waals surface area contributed by atoms with Crippen LogP contribution < -0.4 is 16.8 Å². The van der Waals surface area contributed by atoms with Gasteiger partial charge in [-0.2, -0.15) is 0 Å². The van der Waals surface area contributed by atoms with Crippen molar-refractivity contribution < 1.29 is 4.92 Å². The highest BCUT2D eigenvalue weighted by atomic mass is 32.2. The van der Waals surface area contributed by atoms with Gasteiger partial charge in [0.05, 0.1) is 4.92 Å². The smallest absolute Gasteiger partial charge is 0.272 e. The van der Waals surface area contributed by atoms with E-state index in [0.29, 0.717) is 15.7 Å². The Balaban J connectivity index is 2.37. The molecule has 0 aliphatic heterocycles. The lowest BCUT2D eigenvalue weighted by Gasteiger charge is -2.05. The summed E-state index contributed by atoms with van der Waals surface area (Å²) in [6.45, 7) is 0. The Morgan fingerprint density at radius 1 is 1.20 bits per heavy atom. The molecule has 9 heteroatoms. The van der Waals surface area contributed by atoms with Crippen molar-refractivity contribution in [2.45, 2.75) is 10.1 Å². The first kappa shape index (κ1) is 13.9. The van der Waals surface area contributed by atoms with E-state index in [1.165, 1.54) is 18.2 Å². The van der Waals surface area contributed by atoms with Gasteiger partial charge in [-0.3, -0.25) is 10.1 Å². The Bertz CT molecular complexity index is 643. The van der Waals surface area contributed by atoms with Crippen LogP contribution in [0.2, 0.25) is 0 Å². The number of nitro benzene ring substituents is 1. The zero-order chi connectivity index (χ0) is 14.7. The van der Waals surface area contributed by atoms with Gasteiger partial charge in [-0.15, -0.1) is 0 Å². The van der Waals surface area contributed by atoms with E-state index in [4.69, 9.17) is 11.5 Å². The summed E-state index contributed by atoms with van der Waals surface area (Å²) >= 11 is 1.15. The molecule has 0 amide bonds. The molecule has 0 aliphatic rings. The van der Waals surface area contributed by atoms with Crippen LogP contribution in [-0.2, 0) is 0 Å². The Kier molecular flexibility index (Phi) is 3.89. The van der Waals surface area contributed by atoms with Gasteiger partial charge in [-0.25, -0.2) is 9.97 Å². The molecule has 1 aromatic heterocycles. The molecule has 8 nitrogen and oxygen atoms in total. The molecule has 5 N–H and O–H groups in total. The molecular weight excluding hydrogens is 280 g/mol. The molecule has 0 fully saturated rings. The first-order chi connectivity index (χ1) is 9.47. The minimum Gasteiger partial charge on any atom is -0.388 e. The van der Waals surface area contributed by atoms with Gasteiger partial charge in [0.2, 0.25) is 0 Å². The fraction of sp³-hybridized carbons (Fsp3) is 0.0909. The molecular formula is C11H12N6O2S. The van der Waals surface area contributed by atoms with E-state index in [1.54, 1.807) is 13.1 Å². The monoisotopic (exact) mass is 292 g/mol. The SMILES string of the molecule is CNc1cc(Sc2nc(N)cc(N)n2)cc([N+](=O)[O-])c1. The summed E-state index contributed by atoms with van der Waals surface area (Å²) in [4.78, 5) is 19.1. The van der Waals surface area contributed by atoms with Crippen molar-refractivity contribution in [2.75, 3.05) is 23.8 Å². The molecule has 0 saturated carbocycles. The Labute approximate surface area is 118 Å². The standard InChI is InChI=1S/C11H12N6O2S/c1-14-6-2-7(17(18)19)4-8(3-6)20-11-15-9(12)5-10(13)16-11/h2-5,14H,1H3,(H4,12,13,15,16). The summed E-state index contributed by atoms with van der Waals surface area (Å²) in [7, 11) is 1.68. The van der Waals surface area contributed by atoms with Gasteiger partial charge in [-0.05, 0) is 17.8 Å². The maximum absolute atomic E-state index is 10.9. The van der Waals surface area contributed by atoms with E-state index in [9.17, 15) is 10.1 Å². The van der Waals surface area contributed by atoms with Crippen molar-refractivity contribution in [3.63, 3.8) is 0 Å². The number of nitrogens with zero attached hydrogens (tertiary/aromatic N) is 3. The van der Waals surface area contributed by atoms with Gasteiger partial charge in [0.25, 0.3) is 5.69 Å². The largest absolute Gasteiger partial charge is 0.388 e. The van der Waals surface area contributed by atoms with Crippen molar-refractivity contribution in [2.24, 2.45) is 0 Å². The zero-order valence-corrected chi connectivity index (χ0v) is 11.3. The first-order valence-corrected chi connectivity index (χ1v) is 6.34. The third kappa shape index (κ3) is 3.26. The Hall–Kier alpha value is -2.55. The average molecular weight is 292 g/mol. The molecule has 0 radical (unpaired) electrons. The fourth-order valence-electron chi connectivity index (χ4n) is 1.51. The summed E-state index contributed by atoms with van der Waals surface area (Å²) in [6, 6.07) is 6.07. The van der Waals surface area contributed by atoms with Crippen molar-refractivity contribution in [3.8, 4) is 0 Å². The Morgan fingerprint density at radius 2 is 1.85 bits per heavy atom. The van der Waals surface area contributed by atoms with Gasteiger partial charge in [-0.1, -0.05) is 0 Å². The van der Waals surface area contributed by atoms with E-state index < -0.39 is 4.92 Å². The number of non-ortho nitro benzene ring substituents is 1. The van der Waals surface area contributed by atoms with Crippen LogP contribution in [-0.4, -0.2) is 21.9 Å². The van der Waals surface area contributed by atoms with Gasteiger partial charge >= 0.3 is 0 Å². The molecule has 104 valence electrons. The highest BCUT2D eigenvalue weighted by Crippen LogP contribution is 2.31. The topological polar surface area (TPSA) is 133 Å². The van der Waals surface area contributed by atoms with Crippen molar-refractivity contribution in [3.05, 3.63) is 34.4 Å². The van der Waals surface area contributed by atoms with Crippen LogP contribution in [0, 0.1) is 10.1 Å². The van der Waals surface area contributed by atoms with E-state index in [-0.39, 0.29) is 17.3 Å². The second-order valence-electron chi connectivity index (χ2n) is 3.83. The molecule has 20 heavy (non-hydrogen) atoms. The van der Waals surface area contributed by atoms with Gasteiger partial charge in [0.15, 0.2) is 5.16 Å². The van der Waals surface area contributed by atoms with E-state index in [2.05, 4.69) is 15.3 Å². The molecule has 0 atom stereocenters. The summed E-state index contributed by atoms with van der Waals surface area (Å²) in [5.74, 6) is 0.499. The summed E-state index contributed by atoms with van der Waals surface area (Å²) in [5, 5.41) is 14.1. The maximum Gasteiger partial charge on any atom is 0.272 e. The molecule has 0 bridgehead atoms. The van der Waals surface area contributed by atoms with E-state index >= 15 is 0 Å². The highest BCUT2D eigenvalue weighted by molar-refractivity contribution is 7.99. The Morgan fingerprint density at radius 3 is 2.40 bits per heavy atom. The lowest BCUT2D eigenvalue weighted by molar-refractivity contribution is -0.385. The summed E-state index contributed by atoms with van der Waals surface area (Å²) < 4.78 is 0. The van der Waals surface area contributed by atoms with Gasteiger partial charge < -0.3 is 16.8 Å². The number of hydrogen-bond donors (Lipinski definition) is 3.